The molecule has 0 saturated heterocycles. The van der Waals surface area contributed by atoms with Gasteiger partial charge in [-0.05, 0) is 25.7 Å². The van der Waals surface area contributed by atoms with Crippen LogP contribution >= 0.6 is 0 Å². The minimum Gasteiger partial charge on any atom is -0.481 e. The van der Waals surface area contributed by atoms with Gasteiger partial charge in [-0.3, -0.25) is 19.2 Å². The van der Waals surface area contributed by atoms with E-state index in [0.717, 1.165) is 25.7 Å². The minimum atomic E-state index is -1.11. The molecule has 34 heavy (non-hydrogen) atoms. The SMILES string of the molecule is CCCC(=O)O.CCCCCCC(=O)O.O=C(O)CCCCC(=O)O.OCC(CO)(CO)CO. The molecule has 8 N–H and O–H groups in total. The lowest BCUT2D eigenvalue weighted by Crippen LogP contribution is -2.37. The molecule has 0 aromatic heterocycles. The second kappa shape index (κ2) is 28.8. The van der Waals surface area contributed by atoms with Gasteiger partial charge in [0.15, 0.2) is 0 Å². The van der Waals surface area contributed by atoms with Crippen LogP contribution in [0.15, 0.2) is 0 Å². The van der Waals surface area contributed by atoms with Crippen LogP contribution in [0.2, 0.25) is 0 Å². The van der Waals surface area contributed by atoms with Gasteiger partial charge in [0.1, 0.15) is 0 Å². The second-order valence-electron chi connectivity index (χ2n) is 7.48. The molecule has 0 atom stereocenters. The fraction of sp³-hybridized carbons (Fsp3) is 0.818. The van der Waals surface area contributed by atoms with Crippen LogP contribution in [0.5, 0.6) is 0 Å². The summed E-state index contributed by atoms with van der Waals surface area (Å²) in [5.74, 6) is -3.13. The van der Waals surface area contributed by atoms with Crippen LogP contribution in [0.4, 0.5) is 0 Å². The summed E-state index contributed by atoms with van der Waals surface area (Å²) in [7, 11) is 0. The highest BCUT2D eigenvalue weighted by atomic mass is 16.4. The number of rotatable bonds is 16. The van der Waals surface area contributed by atoms with Gasteiger partial charge in [0.2, 0.25) is 0 Å². The Hall–Kier alpha value is -2.28. The molecule has 0 fully saturated rings. The van der Waals surface area contributed by atoms with Crippen LogP contribution < -0.4 is 0 Å². The van der Waals surface area contributed by atoms with Gasteiger partial charge < -0.3 is 40.9 Å². The number of aliphatic hydroxyl groups is 4. The normalized spacial score (nSPS) is 9.82. The van der Waals surface area contributed by atoms with Crippen LogP contribution in [0.3, 0.4) is 0 Å². The molecule has 0 heterocycles. The fourth-order valence-corrected chi connectivity index (χ4v) is 1.77. The molecule has 0 aromatic carbocycles. The van der Waals surface area contributed by atoms with E-state index in [-0.39, 0.29) is 12.8 Å². The first kappa shape index (κ1) is 39.0. The van der Waals surface area contributed by atoms with Crippen molar-refractivity contribution in [1.82, 2.24) is 0 Å². The molecule has 0 radical (unpaired) electrons. The van der Waals surface area contributed by atoms with Gasteiger partial charge in [0.25, 0.3) is 0 Å². The zero-order valence-corrected chi connectivity index (χ0v) is 20.3. The van der Waals surface area contributed by atoms with E-state index >= 15 is 0 Å². The summed E-state index contributed by atoms with van der Waals surface area (Å²) in [6, 6.07) is 0. The summed E-state index contributed by atoms with van der Waals surface area (Å²) in [5.41, 5.74) is -1.11. The number of aliphatic carboxylic acids is 4. The number of carboxylic acid groups (broad SMARTS) is 4. The van der Waals surface area contributed by atoms with Crippen LogP contribution in [-0.2, 0) is 19.2 Å². The first-order valence-electron chi connectivity index (χ1n) is 11.2. The van der Waals surface area contributed by atoms with Gasteiger partial charge in [-0.15, -0.1) is 0 Å². The van der Waals surface area contributed by atoms with Gasteiger partial charge in [0.05, 0.1) is 31.8 Å². The average molecular weight is 501 g/mol. The lowest BCUT2D eigenvalue weighted by atomic mass is 9.93. The number of hydrogen-bond donors (Lipinski definition) is 8. The van der Waals surface area contributed by atoms with Crippen molar-refractivity contribution in [2.45, 2.75) is 84.5 Å². The van der Waals surface area contributed by atoms with Crippen LogP contribution in [0, 0.1) is 5.41 Å². The number of carbonyl (C=O) groups is 4. The Balaban J connectivity index is -0.000000179. The lowest BCUT2D eigenvalue weighted by molar-refractivity contribution is -0.139. The first-order chi connectivity index (χ1) is 15.9. The highest BCUT2D eigenvalue weighted by Gasteiger charge is 2.26. The maximum Gasteiger partial charge on any atom is 0.303 e. The van der Waals surface area contributed by atoms with Crippen LogP contribution in [0.25, 0.3) is 0 Å². The highest BCUT2D eigenvalue weighted by Crippen LogP contribution is 2.11. The fourth-order valence-electron chi connectivity index (χ4n) is 1.77. The number of hydrogen-bond acceptors (Lipinski definition) is 8. The van der Waals surface area contributed by atoms with E-state index < -0.39 is 55.7 Å². The molecule has 12 nitrogen and oxygen atoms in total. The average Bonchev–Trinajstić information content (AvgIpc) is 2.77. The van der Waals surface area contributed by atoms with Crippen molar-refractivity contribution >= 4 is 23.9 Å². The number of unbranched alkanes of at least 4 members (excludes halogenated alkanes) is 4. The third-order valence-corrected chi connectivity index (χ3v) is 4.08. The third kappa shape index (κ3) is 37.1. The van der Waals surface area contributed by atoms with Gasteiger partial charge in [-0.1, -0.05) is 33.1 Å². The largest absolute Gasteiger partial charge is 0.481 e. The molecule has 0 aromatic rings. The lowest BCUT2D eigenvalue weighted by Gasteiger charge is -2.23. The van der Waals surface area contributed by atoms with Crippen molar-refractivity contribution in [2.24, 2.45) is 5.41 Å². The van der Waals surface area contributed by atoms with Gasteiger partial charge in [-0.25, -0.2) is 0 Å². The molecule has 12 heteroatoms. The maximum absolute atomic E-state index is 9.96. The molecule has 0 aliphatic heterocycles. The first-order valence-corrected chi connectivity index (χ1v) is 11.2. The van der Waals surface area contributed by atoms with E-state index in [1.54, 1.807) is 0 Å². The summed E-state index contributed by atoms with van der Waals surface area (Å²) >= 11 is 0. The second-order valence-corrected chi connectivity index (χ2v) is 7.48. The molecule has 204 valence electrons. The van der Waals surface area contributed by atoms with E-state index in [0.29, 0.717) is 25.7 Å². The summed E-state index contributed by atoms with van der Waals surface area (Å²) < 4.78 is 0. The predicted molar refractivity (Wildman–Crippen MR) is 123 cm³/mol. The van der Waals surface area contributed by atoms with Crippen LogP contribution in [0.1, 0.15) is 84.5 Å². The zero-order valence-electron chi connectivity index (χ0n) is 20.3. The van der Waals surface area contributed by atoms with Crippen LogP contribution in [-0.4, -0.2) is 91.2 Å². The predicted octanol–water partition coefficient (Wildman–Crippen LogP) is 1.57. The van der Waals surface area contributed by atoms with E-state index in [1.165, 1.54) is 6.42 Å². The monoisotopic (exact) mass is 500 g/mol. The van der Waals surface area contributed by atoms with Crippen molar-refractivity contribution in [3.63, 3.8) is 0 Å². The van der Waals surface area contributed by atoms with Crippen molar-refractivity contribution < 1.29 is 60.0 Å². The van der Waals surface area contributed by atoms with Gasteiger partial charge >= 0.3 is 23.9 Å². The van der Waals surface area contributed by atoms with Crippen molar-refractivity contribution in [3.8, 4) is 0 Å². The molecule has 0 aliphatic rings. The molecule has 0 unspecified atom stereocenters. The Morgan fingerprint density at radius 3 is 0.912 bits per heavy atom. The van der Waals surface area contributed by atoms with Crippen molar-refractivity contribution in [3.05, 3.63) is 0 Å². The molecule has 0 spiro atoms. The quantitative estimate of drug-likeness (QED) is 0.141. The van der Waals surface area contributed by atoms with E-state index in [9.17, 15) is 19.2 Å². The van der Waals surface area contributed by atoms with Gasteiger partial charge in [-0.2, -0.15) is 0 Å². The smallest absolute Gasteiger partial charge is 0.303 e. The Morgan fingerprint density at radius 1 is 0.471 bits per heavy atom. The Bertz CT molecular complexity index is 471. The van der Waals surface area contributed by atoms with Crippen molar-refractivity contribution in [1.29, 1.82) is 0 Å². The number of carboxylic acids is 4. The molecule has 0 bridgehead atoms. The summed E-state index contributed by atoms with van der Waals surface area (Å²) in [4.78, 5) is 39.4. The summed E-state index contributed by atoms with van der Waals surface area (Å²) in [6.45, 7) is 2.33. The topological polar surface area (TPSA) is 230 Å². The minimum absolute atomic E-state index is 0.0628. The highest BCUT2D eigenvalue weighted by molar-refractivity contribution is 5.68. The molecule has 0 saturated carbocycles. The Morgan fingerprint density at radius 2 is 0.765 bits per heavy atom. The van der Waals surface area contributed by atoms with E-state index in [4.69, 9.17) is 40.9 Å². The molecular weight excluding hydrogens is 456 g/mol. The molecule has 0 rings (SSSR count). The molecule has 0 aliphatic carbocycles. The van der Waals surface area contributed by atoms with Gasteiger partial charge in [0, 0.05) is 25.7 Å². The Labute approximate surface area is 200 Å². The molecule has 0 amide bonds. The molecular formula is C22H44O12. The standard InChI is InChI=1S/C7H14O2.C6H10O4.C5H12O4.C4H8O2/c1-2-3-4-5-6-7(8)9;7-5(8)3-1-2-4-6(9)10;6-1-5(2-7,3-8)4-9;1-2-3-4(5)6/h2-6H2,1H3,(H,8,9);1-4H2,(H,7,8)(H,9,10);6-9H,1-4H2;2-3H2,1H3,(H,5,6). The third-order valence-electron chi connectivity index (χ3n) is 4.08. The summed E-state index contributed by atoms with van der Waals surface area (Å²) in [6.07, 6.45) is 6.60. The van der Waals surface area contributed by atoms with E-state index in [1.807, 2.05) is 6.92 Å². The summed E-state index contributed by atoms with van der Waals surface area (Å²) in [5, 5.41) is 66.4. The number of aliphatic hydroxyl groups excluding tert-OH is 4. The van der Waals surface area contributed by atoms with E-state index in [2.05, 4.69) is 6.92 Å². The van der Waals surface area contributed by atoms with Crippen molar-refractivity contribution in [2.75, 3.05) is 26.4 Å². The zero-order chi connectivity index (χ0) is 27.4. The Kier molecular flexibility index (Phi) is 32.9. The maximum atomic E-state index is 9.96.